The normalized spacial score (nSPS) is 14.4. The molecule has 42 heavy (non-hydrogen) atoms. The zero-order valence-corrected chi connectivity index (χ0v) is 23.6. The lowest BCUT2D eigenvalue weighted by molar-refractivity contribution is 0.0695. The van der Waals surface area contributed by atoms with Gasteiger partial charge in [0.15, 0.2) is 11.6 Å². The van der Waals surface area contributed by atoms with Gasteiger partial charge in [-0.15, -0.1) is 0 Å². The zero-order valence-electron chi connectivity index (χ0n) is 23.6. The first kappa shape index (κ1) is 29.1. The number of fused-ring (bicyclic) bond motifs is 1. The van der Waals surface area contributed by atoms with Crippen LogP contribution in [0, 0.1) is 11.6 Å². The summed E-state index contributed by atoms with van der Waals surface area (Å²) in [5.74, 6) is -3.02. The quantitative estimate of drug-likeness (QED) is 0.250. The van der Waals surface area contributed by atoms with Crippen LogP contribution in [0.3, 0.4) is 0 Å². The highest BCUT2D eigenvalue weighted by molar-refractivity contribution is 5.97. The average molecular weight is 577 g/mol. The van der Waals surface area contributed by atoms with Crippen LogP contribution in [0.15, 0.2) is 65.6 Å². The predicted octanol–water partition coefficient (Wildman–Crippen LogP) is 5.28. The molecule has 4 aromatic rings. The van der Waals surface area contributed by atoms with Gasteiger partial charge < -0.3 is 29.9 Å². The summed E-state index contributed by atoms with van der Waals surface area (Å²) < 4.78 is 30.4. The highest BCUT2D eigenvalue weighted by atomic mass is 19.1. The van der Waals surface area contributed by atoms with Gasteiger partial charge in [-0.05, 0) is 61.4 Å². The minimum atomic E-state index is -1.44. The van der Waals surface area contributed by atoms with Gasteiger partial charge in [-0.2, -0.15) is 0 Å². The lowest BCUT2D eigenvalue weighted by Gasteiger charge is -2.37. The number of phenols is 1. The Balaban J connectivity index is 1.52. The van der Waals surface area contributed by atoms with E-state index in [1.54, 1.807) is 29.2 Å². The number of aromatic carboxylic acids is 1. The van der Waals surface area contributed by atoms with Crippen LogP contribution in [0.2, 0.25) is 0 Å². The number of piperazine rings is 1. The maximum atomic E-state index is 15.6. The number of phenolic OH excluding ortho intramolecular Hbond substituents is 1. The number of carboxylic acids is 1. The summed E-state index contributed by atoms with van der Waals surface area (Å²) in [5.41, 5.74) is 0.950. The van der Waals surface area contributed by atoms with Crippen molar-refractivity contribution in [2.45, 2.75) is 39.3 Å². The molecule has 1 atom stereocenters. The number of carbonyl (C=O) groups is 1. The molecule has 1 aliphatic rings. The highest BCUT2D eigenvalue weighted by Gasteiger charge is 2.27. The fourth-order valence-electron chi connectivity index (χ4n) is 5.53. The van der Waals surface area contributed by atoms with Gasteiger partial charge in [0.25, 0.3) is 0 Å². The van der Waals surface area contributed by atoms with Gasteiger partial charge >= 0.3 is 5.97 Å². The molecule has 3 aromatic carbocycles. The summed E-state index contributed by atoms with van der Waals surface area (Å²) in [5, 5.41) is 24.5. The number of halogens is 2. The summed E-state index contributed by atoms with van der Waals surface area (Å²) in [6, 6.07) is 14.9. The summed E-state index contributed by atoms with van der Waals surface area (Å²) in [6.45, 7) is 6.64. The van der Waals surface area contributed by atoms with Gasteiger partial charge in [-0.3, -0.25) is 4.79 Å². The van der Waals surface area contributed by atoms with Gasteiger partial charge in [0, 0.05) is 56.3 Å². The topological polar surface area (TPSA) is 98.0 Å². The number of hydrogen-bond acceptors (Lipinski definition) is 6. The van der Waals surface area contributed by atoms with Crippen molar-refractivity contribution in [3.05, 3.63) is 93.8 Å². The third kappa shape index (κ3) is 5.80. The fraction of sp³-hybridized carbons (Fsp3) is 0.312. The molecule has 0 spiro atoms. The molecule has 1 fully saturated rings. The van der Waals surface area contributed by atoms with Crippen LogP contribution < -0.4 is 20.5 Å². The lowest BCUT2D eigenvalue weighted by atomic mass is 10.1. The Morgan fingerprint density at radius 2 is 1.60 bits per heavy atom. The second kappa shape index (κ2) is 12.2. The Hall–Kier alpha value is -4.44. The number of benzene rings is 3. The molecule has 220 valence electrons. The van der Waals surface area contributed by atoms with Crippen LogP contribution in [0.1, 0.15) is 42.6 Å². The summed E-state index contributed by atoms with van der Waals surface area (Å²) >= 11 is 0. The number of pyridine rings is 1. The standard InChI is InChI=1S/C32H34F2N4O4/c1-3-4-20(2)35-18-21-5-9-24(10-6-21)38-19-26(32(41)42)30(39)25-17-27(34)29(31(40)28(25)38)37-15-13-36(14-16-37)23-11-7-22(33)8-12-23/h5-12,17,19-20,35,40H,3-4,13-16,18H2,1-2H3,(H,41,42). The molecule has 0 amide bonds. The number of nitrogens with one attached hydrogen (secondary N) is 1. The number of anilines is 2. The lowest BCUT2D eigenvalue weighted by Crippen LogP contribution is -2.46. The molecular weight excluding hydrogens is 542 g/mol. The molecule has 0 aliphatic carbocycles. The van der Waals surface area contributed by atoms with Crippen molar-refractivity contribution in [1.82, 2.24) is 9.88 Å². The molecule has 1 saturated heterocycles. The van der Waals surface area contributed by atoms with Gasteiger partial charge in [-0.25, -0.2) is 13.6 Å². The van der Waals surface area contributed by atoms with Gasteiger partial charge in [0.2, 0.25) is 5.43 Å². The average Bonchev–Trinajstić information content (AvgIpc) is 2.98. The molecule has 0 saturated carbocycles. The van der Waals surface area contributed by atoms with Gasteiger partial charge in [0.05, 0.1) is 5.39 Å². The van der Waals surface area contributed by atoms with Crippen LogP contribution >= 0.6 is 0 Å². The van der Waals surface area contributed by atoms with E-state index in [2.05, 4.69) is 19.2 Å². The van der Waals surface area contributed by atoms with Crippen LogP contribution in [0.25, 0.3) is 16.6 Å². The maximum Gasteiger partial charge on any atom is 0.341 e. The minimum absolute atomic E-state index is 0.0322. The molecule has 8 nitrogen and oxygen atoms in total. The first-order valence-electron chi connectivity index (χ1n) is 14.1. The van der Waals surface area contributed by atoms with Crippen molar-refractivity contribution in [3.8, 4) is 11.4 Å². The van der Waals surface area contributed by atoms with Gasteiger partial charge in [-0.1, -0.05) is 25.5 Å². The number of carboxylic acid groups (broad SMARTS) is 1. The molecule has 2 heterocycles. The molecule has 0 radical (unpaired) electrons. The highest BCUT2D eigenvalue weighted by Crippen LogP contribution is 2.39. The molecular formula is C32H34F2N4O4. The Kier molecular flexibility index (Phi) is 8.44. The molecule has 3 N–H and O–H groups in total. The van der Waals surface area contributed by atoms with E-state index >= 15 is 4.39 Å². The molecule has 0 bridgehead atoms. The fourth-order valence-corrected chi connectivity index (χ4v) is 5.53. The summed E-state index contributed by atoms with van der Waals surface area (Å²) in [4.78, 5) is 28.8. The first-order valence-corrected chi connectivity index (χ1v) is 14.1. The summed E-state index contributed by atoms with van der Waals surface area (Å²) in [7, 11) is 0. The number of rotatable bonds is 9. The van der Waals surface area contributed by atoms with Crippen molar-refractivity contribution >= 4 is 28.2 Å². The van der Waals surface area contributed by atoms with E-state index in [-0.39, 0.29) is 22.4 Å². The van der Waals surface area contributed by atoms with E-state index in [4.69, 9.17) is 0 Å². The zero-order chi connectivity index (χ0) is 30.0. The van der Waals surface area contributed by atoms with Crippen molar-refractivity contribution in [1.29, 1.82) is 0 Å². The minimum Gasteiger partial charge on any atom is -0.504 e. The van der Waals surface area contributed by atoms with Crippen LogP contribution in [0.4, 0.5) is 20.2 Å². The first-order chi connectivity index (χ1) is 20.2. The Labute approximate surface area is 242 Å². The molecule has 5 rings (SSSR count). The van der Waals surface area contributed by atoms with E-state index in [0.29, 0.717) is 44.5 Å². The monoisotopic (exact) mass is 576 g/mol. The van der Waals surface area contributed by atoms with E-state index in [0.717, 1.165) is 30.2 Å². The van der Waals surface area contributed by atoms with Gasteiger partial charge in [0.1, 0.15) is 22.6 Å². The van der Waals surface area contributed by atoms with Crippen molar-refractivity contribution < 1.29 is 23.8 Å². The Morgan fingerprint density at radius 1 is 0.976 bits per heavy atom. The van der Waals surface area contributed by atoms with E-state index in [1.165, 1.54) is 22.9 Å². The number of hydrogen-bond donors (Lipinski definition) is 3. The third-order valence-corrected chi connectivity index (χ3v) is 7.80. The van der Waals surface area contributed by atoms with E-state index in [1.807, 2.05) is 17.0 Å². The molecule has 1 aliphatic heterocycles. The Bertz CT molecular complexity index is 1650. The largest absolute Gasteiger partial charge is 0.504 e. The maximum absolute atomic E-state index is 15.6. The molecule has 1 aromatic heterocycles. The van der Waals surface area contributed by atoms with Crippen LogP contribution in [-0.4, -0.2) is 53.0 Å². The second-order valence-corrected chi connectivity index (χ2v) is 10.7. The van der Waals surface area contributed by atoms with Crippen molar-refractivity contribution in [3.63, 3.8) is 0 Å². The summed E-state index contributed by atoms with van der Waals surface area (Å²) in [6.07, 6.45) is 3.31. The van der Waals surface area contributed by atoms with E-state index in [9.17, 15) is 24.2 Å². The van der Waals surface area contributed by atoms with Crippen LogP contribution in [-0.2, 0) is 6.54 Å². The third-order valence-electron chi connectivity index (χ3n) is 7.80. The van der Waals surface area contributed by atoms with Crippen molar-refractivity contribution in [2.24, 2.45) is 0 Å². The van der Waals surface area contributed by atoms with Crippen molar-refractivity contribution in [2.75, 3.05) is 36.0 Å². The molecule has 1 unspecified atom stereocenters. The van der Waals surface area contributed by atoms with Crippen LogP contribution in [0.5, 0.6) is 5.75 Å². The number of nitrogens with zero attached hydrogens (tertiary/aromatic N) is 3. The Morgan fingerprint density at radius 3 is 2.21 bits per heavy atom. The van der Waals surface area contributed by atoms with E-state index < -0.39 is 28.5 Å². The molecule has 10 heteroatoms. The SMILES string of the molecule is CCCC(C)NCc1ccc(-n2cc(C(=O)O)c(=O)c3cc(F)c(N4CCN(c5ccc(F)cc5)CC4)c(O)c32)cc1. The number of aromatic nitrogens is 1. The number of aromatic hydroxyl groups is 1. The second-order valence-electron chi connectivity index (χ2n) is 10.7. The smallest absolute Gasteiger partial charge is 0.341 e. The predicted molar refractivity (Wildman–Crippen MR) is 160 cm³/mol.